The summed E-state index contributed by atoms with van der Waals surface area (Å²) in [4.78, 5) is 39.1. The number of nitrogens with zero attached hydrogens (tertiary/aromatic N) is 3. The van der Waals surface area contributed by atoms with Gasteiger partial charge in [0.15, 0.2) is 5.75 Å². The molecule has 2 aromatic rings. The molecule has 1 atom stereocenters. The number of carbonyl (C=O) groups excluding carboxylic acids is 2. The van der Waals surface area contributed by atoms with Gasteiger partial charge in [-0.05, 0) is 17.0 Å². The lowest BCUT2D eigenvalue weighted by Crippen LogP contribution is -2.49. The molecule has 10 nitrogen and oxygen atoms in total. The number of nitrogens with one attached hydrogen (secondary N) is 1. The summed E-state index contributed by atoms with van der Waals surface area (Å²) in [6.45, 7) is 4.04. The summed E-state index contributed by atoms with van der Waals surface area (Å²) in [5, 5.41) is 15.6. The van der Waals surface area contributed by atoms with Crippen molar-refractivity contribution in [1.29, 1.82) is 0 Å². The summed E-state index contributed by atoms with van der Waals surface area (Å²) in [6.07, 6.45) is 1.65. The van der Waals surface area contributed by atoms with Crippen LogP contribution in [0.3, 0.4) is 0 Å². The second-order valence-electron chi connectivity index (χ2n) is 8.09. The van der Waals surface area contributed by atoms with Crippen molar-refractivity contribution in [3.8, 4) is 16.9 Å². The molecule has 0 saturated carbocycles. The predicted octanol–water partition coefficient (Wildman–Crippen LogP) is 1.20. The molecule has 0 aliphatic carbocycles. The summed E-state index contributed by atoms with van der Waals surface area (Å²) in [7, 11) is 4.68. The molecular formula is C23H32N4O6. The van der Waals surface area contributed by atoms with Crippen molar-refractivity contribution in [2.45, 2.75) is 26.3 Å². The third-order valence-electron chi connectivity index (χ3n) is 4.91. The van der Waals surface area contributed by atoms with Gasteiger partial charge in [0.25, 0.3) is 5.56 Å². The summed E-state index contributed by atoms with van der Waals surface area (Å²) < 4.78 is 11.6. The second-order valence-corrected chi connectivity index (χ2v) is 8.09. The number of ether oxygens (including phenoxy) is 2. The lowest BCUT2D eigenvalue weighted by molar-refractivity contribution is -0.146. The zero-order valence-corrected chi connectivity index (χ0v) is 19.7. The minimum absolute atomic E-state index is 0.156. The van der Waals surface area contributed by atoms with Gasteiger partial charge in [-0.2, -0.15) is 5.10 Å². The molecule has 0 spiro atoms. The number of urea groups is 1. The number of aromatic nitrogens is 2. The Hall–Kier alpha value is -3.40. The van der Waals surface area contributed by atoms with Gasteiger partial charge in [0.1, 0.15) is 12.6 Å². The van der Waals surface area contributed by atoms with Gasteiger partial charge in [-0.25, -0.2) is 14.3 Å². The van der Waals surface area contributed by atoms with Crippen LogP contribution in [0.1, 0.15) is 19.4 Å². The molecule has 2 amide bonds. The van der Waals surface area contributed by atoms with Gasteiger partial charge in [-0.15, -0.1) is 0 Å². The highest BCUT2D eigenvalue weighted by molar-refractivity contribution is 5.84. The fraction of sp³-hybridized carbons (Fsp3) is 0.478. The lowest BCUT2D eigenvalue weighted by Gasteiger charge is -2.24. The zero-order chi connectivity index (χ0) is 24.5. The van der Waals surface area contributed by atoms with Gasteiger partial charge in [0, 0.05) is 27.1 Å². The number of hydrogen-bond acceptors (Lipinski definition) is 7. The normalized spacial score (nSPS) is 11.7. The van der Waals surface area contributed by atoms with Crippen LogP contribution in [0.2, 0.25) is 0 Å². The van der Waals surface area contributed by atoms with E-state index in [-0.39, 0.29) is 31.1 Å². The number of benzene rings is 1. The number of aliphatic hydroxyl groups is 1. The van der Waals surface area contributed by atoms with Crippen LogP contribution >= 0.6 is 0 Å². The number of esters is 1. The quantitative estimate of drug-likeness (QED) is 0.511. The van der Waals surface area contributed by atoms with Crippen molar-refractivity contribution < 1.29 is 24.2 Å². The van der Waals surface area contributed by atoms with E-state index in [2.05, 4.69) is 10.4 Å². The van der Waals surface area contributed by atoms with E-state index in [1.807, 2.05) is 13.8 Å². The summed E-state index contributed by atoms with van der Waals surface area (Å²) in [5.74, 6) is -0.00757. The molecule has 180 valence electrons. The van der Waals surface area contributed by atoms with E-state index < -0.39 is 18.0 Å². The van der Waals surface area contributed by atoms with Gasteiger partial charge in [0.05, 0.1) is 25.5 Å². The van der Waals surface area contributed by atoms with Crippen LogP contribution in [0.15, 0.2) is 35.3 Å². The maximum Gasteiger partial charge on any atom is 0.329 e. The van der Waals surface area contributed by atoms with Crippen molar-refractivity contribution in [3.63, 3.8) is 0 Å². The maximum atomic E-state index is 12.5. The number of methoxy groups -OCH3 is 1. The first-order valence-electron chi connectivity index (χ1n) is 10.7. The monoisotopic (exact) mass is 460 g/mol. The van der Waals surface area contributed by atoms with Crippen LogP contribution in [0, 0.1) is 5.92 Å². The average Bonchev–Trinajstić information content (AvgIpc) is 2.78. The highest BCUT2D eigenvalue weighted by Crippen LogP contribution is 2.25. The molecule has 0 unspecified atom stereocenters. The minimum atomic E-state index is -0.937. The third kappa shape index (κ3) is 7.04. The molecule has 10 heteroatoms. The Morgan fingerprint density at radius 2 is 1.91 bits per heavy atom. The van der Waals surface area contributed by atoms with E-state index in [1.54, 1.807) is 38.4 Å². The van der Waals surface area contributed by atoms with Crippen LogP contribution in [0.25, 0.3) is 11.1 Å². The highest BCUT2D eigenvalue weighted by atomic mass is 16.5. The summed E-state index contributed by atoms with van der Waals surface area (Å²) in [5.41, 5.74) is 1.47. The topological polar surface area (TPSA) is 123 Å². The fourth-order valence-corrected chi connectivity index (χ4v) is 3.32. The number of aliphatic hydroxyl groups excluding tert-OH is 1. The zero-order valence-electron chi connectivity index (χ0n) is 19.7. The molecule has 1 aromatic heterocycles. The van der Waals surface area contributed by atoms with Crippen LogP contribution in [0.4, 0.5) is 4.79 Å². The third-order valence-corrected chi connectivity index (χ3v) is 4.91. The van der Waals surface area contributed by atoms with Crippen LogP contribution < -0.4 is 15.6 Å². The van der Waals surface area contributed by atoms with E-state index in [0.717, 1.165) is 5.56 Å². The van der Waals surface area contributed by atoms with Crippen LogP contribution in [-0.2, 0) is 23.0 Å². The van der Waals surface area contributed by atoms with Crippen LogP contribution in [-0.4, -0.2) is 71.7 Å². The second kappa shape index (κ2) is 12.0. The highest BCUT2D eigenvalue weighted by Gasteiger charge is 2.25. The molecule has 2 N–H and O–H groups in total. The molecule has 1 heterocycles. The average molecular weight is 461 g/mol. The van der Waals surface area contributed by atoms with Gasteiger partial charge in [0.2, 0.25) is 0 Å². The van der Waals surface area contributed by atoms with Crippen molar-refractivity contribution in [3.05, 3.63) is 46.4 Å². The van der Waals surface area contributed by atoms with Gasteiger partial charge in [-0.3, -0.25) is 4.79 Å². The molecule has 0 aliphatic heterocycles. The van der Waals surface area contributed by atoms with Crippen molar-refractivity contribution in [1.82, 2.24) is 20.0 Å². The molecule has 0 aliphatic rings. The Morgan fingerprint density at radius 3 is 2.48 bits per heavy atom. The summed E-state index contributed by atoms with van der Waals surface area (Å²) in [6, 6.07) is 5.70. The molecule has 33 heavy (non-hydrogen) atoms. The molecule has 1 aromatic carbocycles. The van der Waals surface area contributed by atoms with Gasteiger partial charge in [-0.1, -0.05) is 38.1 Å². The molecule has 0 bridgehead atoms. The van der Waals surface area contributed by atoms with E-state index in [4.69, 9.17) is 14.6 Å². The maximum absolute atomic E-state index is 12.5. The van der Waals surface area contributed by atoms with E-state index in [9.17, 15) is 14.4 Å². The Balaban J connectivity index is 2.25. The molecule has 2 rings (SSSR count). The Labute approximate surface area is 193 Å². The van der Waals surface area contributed by atoms with Crippen molar-refractivity contribution in [2.75, 3.05) is 33.9 Å². The number of aryl methyl sites for hydroxylation is 1. The van der Waals surface area contributed by atoms with Crippen molar-refractivity contribution >= 4 is 12.0 Å². The molecule has 0 radical (unpaired) electrons. The largest absolute Gasteiger partial charge is 0.494 e. The lowest BCUT2D eigenvalue weighted by atomic mass is 10.0. The first-order chi connectivity index (χ1) is 15.7. The number of carbonyl (C=O) groups is 2. The van der Waals surface area contributed by atoms with E-state index >= 15 is 0 Å². The molecule has 0 saturated heterocycles. The number of hydrogen-bond donors (Lipinski definition) is 2. The van der Waals surface area contributed by atoms with E-state index in [0.29, 0.717) is 23.4 Å². The van der Waals surface area contributed by atoms with Gasteiger partial charge < -0.3 is 24.8 Å². The minimum Gasteiger partial charge on any atom is -0.494 e. The first kappa shape index (κ1) is 25.9. The number of rotatable bonds is 10. The predicted molar refractivity (Wildman–Crippen MR) is 123 cm³/mol. The Morgan fingerprint density at radius 1 is 1.24 bits per heavy atom. The van der Waals surface area contributed by atoms with Crippen molar-refractivity contribution in [2.24, 2.45) is 13.0 Å². The first-order valence-corrected chi connectivity index (χ1v) is 10.7. The fourth-order valence-electron chi connectivity index (χ4n) is 3.32. The Bertz CT molecular complexity index is 1000. The Kier molecular flexibility index (Phi) is 9.41. The van der Waals surface area contributed by atoms with Gasteiger partial charge >= 0.3 is 12.0 Å². The SMILES string of the molecule is COc1cnn(C)c(=O)c1-c1ccc(C[C@H](NC(=O)N(C)CC(C)C)C(=O)OCCO)cc1. The molecule has 0 fully saturated rings. The van der Waals surface area contributed by atoms with E-state index in [1.165, 1.54) is 22.9 Å². The standard InChI is InChI=1S/C23H32N4O6/c1-15(2)14-26(3)23(31)25-18(22(30)33-11-10-28)12-16-6-8-17(9-7-16)20-19(32-5)13-24-27(4)21(20)29/h6-9,13,15,18,28H,10-12,14H2,1-5H3,(H,25,31)/t18-/m0/s1. The summed E-state index contributed by atoms with van der Waals surface area (Å²) >= 11 is 0. The van der Waals surface area contributed by atoms with Crippen LogP contribution in [0.5, 0.6) is 5.75 Å². The number of amides is 2. The molecular weight excluding hydrogens is 428 g/mol. The smallest absolute Gasteiger partial charge is 0.329 e.